The van der Waals surface area contributed by atoms with Crippen molar-refractivity contribution in [3.8, 4) is 0 Å². The molecule has 1 fully saturated rings. The average molecular weight is 281 g/mol. The molecule has 110 valence electrons. The zero-order chi connectivity index (χ0) is 14.5. The maximum atomic E-state index is 11.0. The van der Waals surface area contributed by atoms with Crippen LogP contribution in [0.2, 0.25) is 0 Å². The summed E-state index contributed by atoms with van der Waals surface area (Å²) < 4.78 is 5.53. The SMILES string of the molecule is CN(CCOCC1CC1)c1nc(NN)ccc1[N+](=O)[O-]. The third-order valence-corrected chi connectivity index (χ3v) is 3.18. The predicted octanol–water partition coefficient (Wildman–Crippen LogP) is 1.14. The van der Waals surface area contributed by atoms with Crippen LogP contribution < -0.4 is 16.2 Å². The van der Waals surface area contributed by atoms with E-state index in [1.807, 2.05) is 0 Å². The first-order chi connectivity index (χ1) is 9.61. The van der Waals surface area contributed by atoms with E-state index in [0.717, 1.165) is 6.61 Å². The zero-order valence-electron chi connectivity index (χ0n) is 11.4. The minimum atomic E-state index is -0.454. The van der Waals surface area contributed by atoms with Crippen molar-refractivity contribution in [2.45, 2.75) is 12.8 Å². The maximum absolute atomic E-state index is 11.0. The Kier molecular flexibility index (Phi) is 4.70. The highest BCUT2D eigenvalue weighted by Crippen LogP contribution is 2.29. The summed E-state index contributed by atoms with van der Waals surface area (Å²) in [6.07, 6.45) is 2.49. The summed E-state index contributed by atoms with van der Waals surface area (Å²) in [5, 5.41) is 11.0. The highest BCUT2D eigenvalue weighted by atomic mass is 16.6. The van der Waals surface area contributed by atoms with Crippen molar-refractivity contribution in [2.24, 2.45) is 11.8 Å². The van der Waals surface area contributed by atoms with Gasteiger partial charge in [0.2, 0.25) is 5.82 Å². The predicted molar refractivity (Wildman–Crippen MR) is 75.5 cm³/mol. The van der Waals surface area contributed by atoms with Crippen LogP contribution in [0.15, 0.2) is 12.1 Å². The van der Waals surface area contributed by atoms with Crippen molar-refractivity contribution in [3.63, 3.8) is 0 Å². The van der Waals surface area contributed by atoms with E-state index in [2.05, 4.69) is 10.4 Å². The molecule has 0 aromatic carbocycles. The first-order valence-corrected chi connectivity index (χ1v) is 6.52. The Morgan fingerprint density at radius 1 is 1.60 bits per heavy atom. The molecule has 1 aliphatic carbocycles. The molecule has 0 amide bonds. The van der Waals surface area contributed by atoms with E-state index < -0.39 is 4.92 Å². The van der Waals surface area contributed by atoms with E-state index in [1.165, 1.54) is 25.0 Å². The van der Waals surface area contributed by atoms with Crippen LogP contribution in [0.5, 0.6) is 0 Å². The lowest BCUT2D eigenvalue weighted by atomic mass is 10.3. The summed E-state index contributed by atoms with van der Waals surface area (Å²) in [4.78, 5) is 16.4. The van der Waals surface area contributed by atoms with Crippen molar-refractivity contribution in [3.05, 3.63) is 22.2 Å². The molecule has 0 saturated heterocycles. The van der Waals surface area contributed by atoms with Crippen LogP contribution in [0.1, 0.15) is 12.8 Å². The van der Waals surface area contributed by atoms with Gasteiger partial charge in [-0.1, -0.05) is 0 Å². The summed E-state index contributed by atoms with van der Waals surface area (Å²) in [6, 6.07) is 2.86. The minimum absolute atomic E-state index is 0.0475. The summed E-state index contributed by atoms with van der Waals surface area (Å²) in [5.41, 5.74) is 2.34. The molecule has 1 aromatic rings. The normalized spacial score (nSPS) is 14.1. The number of hydrazine groups is 1. The van der Waals surface area contributed by atoms with Gasteiger partial charge in [-0.05, 0) is 24.8 Å². The molecule has 2 rings (SSSR count). The molecular weight excluding hydrogens is 262 g/mol. The Hall–Kier alpha value is -1.93. The smallest absolute Gasteiger partial charge is 0.311 e. The number of anilines is 2. The number of pyridine rings is 1. The van der Waals surface area contributed by atoms with Gasteiger partial charge in [0, 0.05) is 26.3 Å². The van der Waals surface area contributed by atoms with Crippen LogP contribution in [0.4, 0.5) is 17.3 Å². The largest absolute Gasteiger partial charge is 0.379 e. The molecule has 0 spiro atoms. The molecule has 3 N–H and O–H groups in total. The molecule has 0 unspecified atom stereocenters. The zero-order valence-corrected chi connectivity index (χ0v) is 11.4. The number of nitrogens with one attached hydrogen (secondary N) is 1. The number of nitro groups is 1. The fourth-order valence-corrected chi connectivity index (χ4v) is 1.79. The van der Waals surface area contributed by atoms with Crippen LogP contribution in [0.25, 0.3) is 0 Å². The number of likely N-dealkylation sites (N-methyl/N-ethyl adjacent to an activating group) is 1. The van der Waals surface area contributed by atoms with E-state index in [1.54, 1.807) is 11.9 Å². The Balaban J connectivity index is 1.97. The van der Waals surface area contributed by atoms with E-state index in [9.17, 15) is 10.1 Å². The van der Waals surface area contributed by atoms with E-state index in [4.69, 9.17) is 10.6 Å². The molecular formula is C12H19N5O3. The molecule has 0 aliphatic heterocycles. The number of hydrogen-bond acceptors (Lipinski definition) is 7. The summed E-state index contributed by atoms with van der Waals surface area (Å²) in [6.45, 7) is 1.83. The van der Waals surface area contributed by atoms with Gasteiger partial charge < -0.3 is 15.1 Å². The van der Waals surface area contributed by atoms with E-state index in [-0.39, 0.29) is 11.5 Å². The van der Waals surface area contributed by atoms with Crippen LogP contribution in [0, 0.1) is 16.0 Å². The van der Waals surface area contributed by atoms with Gasteiger partial charge in [0.25, 0.3) is 0 Å². The number of nitrogens with two attached hydrogens (primary N) is 1. The summed E-state index contributed by atoms with van der Waals surface area (Å²) in [7, 11) is 1.75. The molecule has 0 atom stereocenters. The molecule has 8 heteroatoms. The Labute approximate surface area is 117 Å². The second-order valence-corrected chi connectivity index (χ2v) is 4.88. The Bertz CT molecular complexity index is 478. The third-order valence-electron chi connectivity index (χ3n) is 3.18. The maximum Gasteiger partial charge on any atom is 0.311 e. The van der Waals surface area contributed by atoms with Crippen molar-refractivity contribution >= 4 is 17.3 Å². The van der Waals surface area contributed by atoms with Crippen LogP contribution in [-0.4, -0.2) is 36.7 Å². The van der Waals surface area contributed by atoms with Crippen molar-refractivity contribution in [1.82, 2.24) is 4.98 Å². The van der Waals surface area contributed by atoms with Gasteiger partial charge in [-0.2, -0.15) is 0 Å². The lowest BCUT2D eigenvalue weighted by Gasteiger charge is -2.18. The molecule has 1 saturated carbocycles. The molecule has 0 bridgehead atoms. The fourth-order valence-electron chi connectivity index (χ4n) is 1.79. The van der Waals surface area contributed by atoms with Gasteiger partial charge in [0.05, 0.1) is 11.5 Å². The lowest BCUT2D eigenvalue weighted by Crippen LogP contribution is -2.25. The van der Waals surface area contributed by atoms with Gasteiger partial charge in [0.1, 0.15) is 5.82 Å². The first-order valence-electron chi connectivity index (χ1n) is 6.52. The van der Waals surface area contributed by atoms with Crippen molar-refractivity contribution < 1.29 is 9.66 Å². The topological polar surface area (TPSA) is 107 Å². The summed E-state index contributed by atoms with van der Waals surface area (Å²) in [5.74, 6) is 6.65. The Morgan fingerprint density at radius 2 is 2.35 bits per heavy atom. The number of nitrogens with zero attached hydrogens (tertiary/aromatic N) is 3. The number of aromatic nitrogens is 1. The number of rotatable bonds is 8. The highest BCUT2D eigenvalue weighted by Gasteiger charge is 2.22. The van der Waals surface area contributed by atoms with Crippen LogP contribution in [0.3, 0.4) is 0 Å². The number of hydrogen-bond donors (Lipinski definition) is 2. The molecule has 0 radical (unpaired) electrons. The summed E-state index contributed by atoms with van der Waals surface area (Å²) >= 11 is 0. The molecule has 8 nitrogen and oxygen atoms in total. The van der Waals surface area contributed by atoms with Gasteiger partial charge >= 0.3 is 5.69 Å². The van der Waals surface area contributed by atoms with Crippen molar-refractivity contribution in [1.29, 1.82) is 0 Å². The van der Waals surface area contributed by atoms with Crippen LogP contribution >= 0.6 is 0 Å². The monoisotopic (exact) mass is 281 g/mol. The molecule has 1 aromatic heterocycles. The standard InChI is InChI=1S/C12H19N5O3/c1-16(6-7-20-8-9-2-3-9)12-10(17(18)19)4-5-11(14-12)15-13/h4-5,9H,2-3,6-8,13H2,1H3,(H,14,15). The van der Waals surface area contributed by atoms with E-state index in [0.29, 0.717) is 24.9 Å². The van der Waals surface area contributed by atoms with Gasteiger partial charge in [0.15, 0.2) is 0 Å². The molecule has 20 heavy (non-hydrogen) atoms. The van der Waals surface area contributed by atoms with Crippen molar-refractivity contribution in [2.75, 3.05) is 37.1 Å². The third kappa shape index (κ3) is 3.78. The second kappa shape index (κ2) is 6.49. The molecule has 1 aliphatic rings. The lowest BCUT2D eigenvalue weighted by molar-refractivity contribution is -0.384. The quantitative estimate of drug-likeness (QED) is 0.318. The van der Waals surface area contributed by atoms with Gasteiger partial charge in [-0.3, -0.25) is 10.1 Å². The van der Waals surface area contributed by atoms with Crippen LogP contribution in [-0.2, 0) is 4.74 Å². The number of nitrogen functional groups attached to an aromatic ring is 1. The number of ether oxygens (including phenoxy) is 1. The second-order valence-electron chi connectivity index (χ2n) is 4.88. The molecule has 1 heterocycles. The Morgan fingerprint density at radius 3 is 2.95 bits per heavy atom. The average Bonchev–Trinajstić information content (AvgIpc) is 3.26. The van der Waals surface area contributed by atoms with Gasteiger partial charge in [-0.25, -0.2) is 10.8 Å². The minimum Gasteiger partial charge on any atom is -0.379 e. The van der Waals surface area contributed by atoms with Gasteiger partial charge in [-0.15, -0.1) is 0 Å². The first kappa shape index (κ1) is 14.5. The fraction of sp³-hybridized carbons (Fsp3) is 0.583. The highest BCUT2D eigenvalue weighted by molar-refractivity contribution is 5.61. The van der Waals surface area contributed by atoms with E-state index >= 15 is 0 Å².